The number of Topliss-reactive ketones (excluding diaryl/α,β-unsaturated/α-hetero) is 1. The summed E-state index contributed by atoms with van der Waals surface area (Å²) in [4.78, 5) is 179. The number of nitriles is 2. The molecule has 12 N–H and O–H groups in total. The SMILES string of the molecule is CC#CCn1c(N2CCNCC2)nc2cc(C(=O)OC)n(CC(=O)c3ccccc3)c(=O)c21.CC#CCn1c(N2CCNCC2)nc2cc(C(=O)OC)n(Cc3ccccc3C#N)c(=O)c21.CC#CCn1c(N2CCNCC2)nc2cc(C(N)=O)n(C)c(=O)c21.CC#CCn1c(N2CCNCC2)nc2cc(C(N)=O)n(Cc3ccccc3C#N)c(=O)c21.O=C(O)C(F)(F)F.O=C(O)C(F)(F)F.O=C(O)C(F)(F)F.O=C(O)C(F)(F)F. The molecule has 4 saturated heterocycles. The number of benzene rings is 3. The molecule has 0 aliphatic carbocycles. The zero-order chi connectivity index (χ0) is 111. The van der Waals surface area contributed by atoms with Crippen LogP contribution in [0.1, 0.15) is 102 Å². The number of anilines is 4. The molecule has 4 aliphatic rings. The molecular formula is C95H96F12N24O19. The molecule has 0 atom stereocenters. The maximum Gasteiger partial charge on any atom is 0.490 e. The second-order valence-electron chi connectivity index (χ2n) is 31.5. The number of hydrogen-bond acceptors (Lipinski definition) is 29. The molecule has 4 fully saturated rings. The lowest BCUT2D eigenvalue weighted by Gasteiger charge is -2.28. The third kappa shape index (κ3) is 30.2. The molecule has 3 aromatic carbocycles. The lowest BCUT2D eigenvalue weighted by Crippen LogP contribution is -2.44. The number of fused-ring (bicyclic) bond motifs is 4. The van der Waals surface area contributed by atoms with Crippen LogP contribution in [0.5, 0.6) is 0 Å². The molecule has 2 amide bonds. The van der Waals surface area contributed by atoms with Crippen LogP contribution in [0, 0.1) is 70.0 Å². The quantitative estimate of drug-likeness (QED) is 0.0218. The first-order valence-corrected chi connectivity index (χ1v) is 44.4. The summed E-state index contributed by atoms with van der Waals surface area (Å²) in [6, 6.07) is 33.1. The molecule has 55 heteroatoms. The summed E-state index contributed by atoms with van der Waals surface area (Å²) in [7, 11) is 4.04. The number of methoxy groups -OCH3 is 2. The fourth-order valence-corrected chi connectivity index (χ4v) is 14.8. The monoisotopic (exact) mass is 2100 g/mol. The first-order chi connectivity index (χ1) is 71.0. The summed E-state index contributed by atoms with van der Waals surface area (Å²) < 4.78 is 149. The van der Waals surface area contributed by atoms with Gasteiger partial charge in [-0.2, -0.15) is 63.2 Å². The van der Waals surface area contributed by atoms with Crippen LogP contribution in [-0.2, 0) is 81.5 Å². The van der Waals surface area contributed by atoms with E-state index in [1.54, 1.807) is 134 Å². The predicted octanol–water partition coefficient (Wildman–Crippen LogP) is 5.09. The molecule has 15 rings (SSSR count). The Morgan fingerprint density at radius 3 is 0.887 bits per heavy atom. The summed E-state index contributed by atoms with van der Waals surface area (Å²) >= 11 is 0. The molecule has 43 nitrogen and oxygen atoms in total. The van der Waals surface area contributed by atoms with Gasteiger partial charge in [0.15, 0.2) is 5.78 Å². The lowest BCUT2D eigenvalue weighted by molar-refractivity contribution is -0.193. The van der Waals surface area contributed by atoms with Crippen molar-refractivity contribution in [2.75, 3.05) is 139 Å². The first-order valence-electron chi connectivity index (χ1n) is 44.4. The van der Waals surface area contributed by atoms with Crippen molar-refractivity contribution in [1.82, 2.24) is 77.7 Å². The van der Waals surface area contributed by atoms with E-state index in [2.05, 4.69) is 105 Å². The Bertz CT molecular complexity index is 7390. The van der Waals surface area contributed by atoms with Crippen LogP contribution in [0.25, 0.3) is 44.1 Å². The van der Waals surface area contributed by atoms with E-state index in [0.29, 0.717) is 115 Å². The van der Waals surface area contributed by atoms with E-state index in [0.717, 1.165) is 105 Å². The van der Waals surface area contributed by atoms with Crippen molar-refractivity contribution in [3.8, 4) is 59.5 Å². The van der Waals surface area contributed by atoms with E-state index in [9.17, 15) is 106 Å². The molecule has 0 radical (unpaired) electrons. The zero-order valence-corrected chi connectivity index (χ0v) is 80.7. The van der Waals surface area contributed by atoms with Crippen molar-refractivity contribution in [3.63, 3.8) is 0 Å². The number of hydrogen-bond donors (Lipinski definition) is 10. The summed E-state index contributed by atoms with van der Waals surface area (Å²) in [6.45, 7) is 20.6. The maximum atomic E-state index is 13.8. The number of nitrogens with one attached hydrogen (secondary N) is 4. The number of nitrogens with two attached hydrogens (primary N) is 2. The molecule has 0 spiro atoms. The van der Waals surface area contributed by atoms with Crippen LogP contribution in [0.4, 0.5) is 76.5 Å². The Morgan fingerprint density at radius 2 is 0.620 bits per heavy atom. The number of esters is 2. The molecule has 150 heavy (non-hydrogen) atoms. The molecule has 8 aromatic heterocycles. The highest BCUT2D eigenvalue weighted by Crippen LogP contribution is 2.30. The second kappa shape index (κ2) is 53.3. The predicted molar refractivity (Wildman–Crippen MR) is 517 cm³/mol. The molecule has 794 valence electrons. The number of carboxylic acid groups (broad SMARTS) is 4. The summed E-state index contributed by atoms with van der Waals surface area (Å²) in [5.74, 6) is 12.1. The topological polar surface area (TPSA) is 573 Å². The van der Waals surface area contributed by atoms with Gasteiger partial charge in [0.1, 0.15) is 44.8 Å². The number of aromatic nitrogens is 12. The number of piperazine rings is 4. The van der Waals surface area contributed by atoms with Crippen LogP contribution >= 0.6 is 0 Å². The van der Waals surface area contributed by atoms with Gasteiger partial charge < -0.3 is 86.8 Å². The molecule has 0 saturated carbocycles. The van der Waals surface area contributed by atoms with Gasteiger partial charge in [0, 0.05) is 117 Å². The Labute approximate surface area is 841 Å². The van der Waals surface area contributed by atoms with Crippen LogP contribution in [0.3, 0.4) is 0 Å². The van der Waals surface area contributed by atoms with Gasteiger partial charge in [-0.15, -0.1) is 23.7 Å². The van der Waals surface area contributed by atoms with Crippen LogP contribution in [0.2, 0.25) is 0 Å². The van der Waals surface area contributed by atoms with E-state index in [4.69, 9.17) is 75.5 Å². The molecular weight excluding hydrogens is 2010 g/mol. The number of primary amides is 2. The Balaban J connectivity index is 0.000000224. The van der Waals surface area contributed by atoms with Gasteiger partial charge in [-0.05, 0) is 75.2 Å². The Hall–Kier alpha value is -17.8. The third-order valence-electron chi connectivity index (χ3n) is 21.9. The average molecular weight is 2110 g/mol. The average Bonchev–Trinajstić information content (AvgIpc) is 1.60. The molecule has 0 bridgehead atoms. The van der Waals surface area contributed by atoms with Crippen molar-refractivity contribution >= 4 is 121 Å². The fraction of sp³-hybridized carbons (Fsp3) is 0.358. The first kappa shape index (κ1) is 117. The molecule has 4 aliphatic heterocycles. The number of rotatable bonds is 19. The van der Waals surface area contributed by atoms with Crippen LogP contribution in [0.15, 0.2) is 122 Å². The largest absolute Gasteiger partial charge is 0.490 e. The van der Waals surface area contributed by atoms with Gasteiger partial charge in [-0.25, -0.2) is 48.7 Å². The highest BCUT2D eigenvalue weighted by Gasteiger charge is 2.41. The minimum Gasteiger partial charge on any atom is -0.475 e. The third-order valence-corrected chi connectivity index (χ3v) is 21.9. The van der Waals surface area contributed by atoms with Crippen LogP contribution in [-0.4, -0.2) is 274 Å². The maximum absolute atomic E-state index is 13.8. The van der Waals surface area contributed by atoms with Crippen molar-refractivity contribution in [2.45, 2.75) is 98.2 Å². The van der Waals surface area contributed by atoms with Gasteiger partial charge in [-0.1, -0.05) is 90.4 Å². The number of ketones is 1. The molecule has 11 aromatic rings. The smallest absolute Gasteiger partial charge is 0.475 e. The van der Waals surface area contributed by atoms with Gasteiger partial charge in [-0.3, -0.25) is 65.5 Å². The standard InChI is InChI=1S/C24H24N6O3.C24H25N5O4.C23H23N7O2.C16H20N6O2.4C2HF3O2/c1-3-4-11-29-21-19(27-24(29)28-12-9-26-10-13-28)14-20(23(32)33-2)30(22(21)31)16-18-8-6-5-7-17(18)15-25;1-3-4-12-28-21-18(26-24(28)27-13-10-25-11-14-27)15-19(23(32)33-2)29(22(21)31)16-20(30)17-8-6-5-7-9-17;1-2-3-10-29-20-18(27-23(29)28-11-8-26-9-12-28)13-19(21(25)31)30(22(20)32)15-17-7-5-4-6-16(17)14-24;1-3-4-7-22-13-11(10-12(14(17)23)20(2)15(13)24)19-16(22)21-8-5-18-6-9-21;4*3-2(4,5)1(6)7/h5-8,14,26H,9-13,16H2,1-2H3;5-9,15,25H,10-14,16H2,1-2H3;4-7,13,26H,8-12,15H2,1H3,(H2,25,31);10,18H,5-9H2,1-2H3,(H2,17,23);4*(H,6,7). The highest BCUT2D eigenvalue weighted by atomic mass is 19.4. The number of nitrogens with zero attached hydrogens (tertiary/aromatic N) is 18. The number of pyridine rings is 4. The van der Waals surface area contributed by atoms with E-state index in [1.807, 2.05) is 9.13 Å². The van der Waals surface area contributed by atoms with Crippen molar-refractivity contribution in [2.24, 2.45) is 18.5 Å². The molecule has 12 heterocycles. The second-order valence-corrected chi connectivity index (χ2v) is 31.5. The molecule has 0 unspecified atom stereocenters. The van der Waals surface area contributed by atoms with E-state index < -0.39 is 83.5 Å². The van der Waals surface area contributed by atoms with Crippen LogP contribution < -0.4 is 74.6 Å². The van der Waals surface area contributed by atoms with E-state index >= 15 is 0 Å². The number of ether oxygens (including phenoxy) is 2. The minimum absolute atomic E-state index is 0.0163. The number of halogens is 12. The number of amides is 2. The normalized spacial score (nSPS) is 13.2. The van der Waals surface area contributed by atoms with Crippen molar-refractivity contribution in [3.05, 3.63) is 195 Å². The summed E-state index contributed by atoms with van der Waals surface area (Å²) in [6.07, 6.45) is -20.3. The number of carboxylic acids is 4. The van der Waals surface area contributed by atoms with Crippen molar-refractivity contribution in [1.29, 1.82) is 10.5 Å². The van der Waals surface area contributed by atoms with Gasteiger partial charge >= 0.3 is 60.5 Å². The lowest BCUT2D eigenvalue weighted by atomic mass is 10.1. The number of carbonyl (C=O) groups excluding carboxylic acids is 5. The fourth-order valence-electron chi connectivity index (χ4n) is 14.8. The number of carbonyl (C=O) groups is 9. The highest BCUT2D eigenvalue weighted by molar-refractivity contribution is 5.99. The number of imidazole rings is 4. The Morgan fingerprint density at radius 1 is 0.373 bits per heavy atom. The number of aliphatic carboxylic acids is 4. The van der Waals surface area contributed by atoms with E-state index in [-0.39, 0.29) is 65.9 Å². The minimum atomic E-state index is -5.08. The zero-order valence-electron chi connectivity index (χ0n) is 80.7. The van der Waals surface area contributed by atoms with Gasteiger partial charge in [0.05, 0.1) is 105 Å². The van der Waals surface area contributed by atoms with Crippen molar-refractivity contribution < 1.29 is 126 Å². The summed E-state index contributed by atoms with van der Waals surface area (Å²) in [5, 5.41) is 60.6. The summed E-state index contributed by atoms with van der Waals surface area (Å²) in [5.41, 5.74) is 15.4. The van der Waals surface area contributed by atoms with E-state index in [1.165, 1.54) is 45.6 Å². The number of alkyl halides is 12. The van der Waals surface area contributed by atoms with Gasteiger partial charge in [0.25, 0.3) is 34.1 Å². The Kier molecular flexibility index (Phi) is 41.8. The van der Waals surface area contributed by atoms with Gasteiger partial charge in [0.2, 0.25) is 23.8 Å².